The van der Waals surface area contributed by atoms with Crippen LogP contribution in [0.5, 0.6) is 0 Å². The van der Waals surface area contributed by atoms with Gasteiger partial charge in [-0.2, -0.15) is 0 Å². The molecule has 1 N–H and O–H groups in total. The van der Waals surface area contributed by atoms with Crippen molar-refractivity contribution in [3.8, 4) is 0 Å². The molecule has 2 aromatic heterocycles. The second-order valence-electron chi connectivity index (χ2n) is 4.76. The van der Waals surface area contributed by atoms with E-state index in [4.69, 9.17) is 0 Å². The number of nitrogens with zero attached hydrogens (tertiary/aromatic N) is 2. The third-order valence-electron chi connectivity index (χ3n) is 3.33. The van der Waals surface area contributed by atoms with Crippen LogP contribution in [0.4, 0.5) is 14.5 Å². The Morgan fingerprint density at radius 3 is 2.76 bits per heavy atom. The Kier molecular flexibility index (Phi) is 3.48. The van der Waals surface area contributed by atoms with Crippen LogP contribution in [0.15, 0.2) is 42.7 Å². The van der Waals surface area contributed by atoms with Crippen LogP contribution in [0.25, 0.3) is 10.9 Å². The molecule has 0 saturated heterocycles. The number of anilines is 1. The number of fused-ring (bicyclic) bond motifs is 1. The Morgan fingerprint density at radius 1 is 1.10 bits per heavy atom. The molecule has 0 radical (unpaired) electrons. The molecule has 3 rings (SSSR count). The molecule has 0 atom stereocenters. The van der Waals surface area contributed by atoms with E-state index < -0.39 is 11.6 Å². The predicted octanol–water partition coefficient (Wildman–Crippen LogP) is 3.83. The molecule has 2 heterocycles. The van der Waals surface area contributed by atoms with Gasteiger partial charge in [-0.3, -0.25) is 9.97 Å². The lowest BCUT2D eigenvalue weighted by Gasteiger charge is -2.11. The van der Waals surface area contributed by atoms with E-state index in [0.29, 0.717) is 17.6 Å². The van der Waals surface area contributed by atoms with E-state index in [0.717, 1.165) is 17.3 Å². The molecule has 0 aliphatic heterocycles. The molecule has 5 heteroatoms. The second-order valence-corrected chi connectivity index (χ2v) is 4.76. The van der Waals surface area contributed by atoms with E-state index in [1.807, 2.05) is 19.1 Å². The molecule has 3 nitrogen and oxygen atoms in total. The number of hydrogen-bond acceptors (Lipinski definition) is 3. The SMILES string of the molecule is Cc1cccnc1CNc1ccnc2c(F)cc(F)cc12. The van der Waals surface area contributed by atoms with Crippen molar-refractivity contribution >= 4 is 16.6 Å². The maximum atomic E-state index is 13.7. The highest BCUT2D eigenvalue weighted by Gasteiger charge is 2.09. The summed E-state index contributed by atoms with van der Waals surface area (Å²) in [4.78, 5) is 8.24. The fourth-order valence-electron chi connectivity index (χ4n) is 2.22. The van der Waals surface area contributed by atoms with Crippen LogP contribution in [0.3, 0.4) is 0 Å². The lowest BCUT2D eigenvalue weighted by Crippen LogP contribution is -2.04. The third kappa shape index (κ3) is 2.67. The predicted molar refractivity (Wildman–Crippen MR) is 78.0 cm³/mol. The summed E-state index contributed by atoms with van der Waals surface area (Å²) >= 11 is 0. The molecule has 0 unspecified atom stereocenters. The van der Waals surface area contributed by atoms with Crippen LogP contribution in [0.1, 0.15) is 11.3 Å². The molecule has 3 aromatic rings. The quantitative estimate of drug-likeness (QED) is 0.794. The van der Waals surface area contributed by atoms with Gasteiger partial charge in [0.15, 0.2) is 5.82 Å². The summed E-state index contributed by atoms with van der Waals surface area (Å²) in [6.07, 6.45) is 3.21. The lowest BCUT2D eigenvalue weighted by atomic mass is 10.1. The first-order valence-corrected chi connectivity index (χ1v) is 6.53. The first-order valence-electron chi connectivity index (χ1n) is 6.53. The van der Waals surface area contributed by atoms with E-state index in [9.17, 15) is 8.78 Å². The summed E-state index contributed by atoms with van der Waals surface area (Å²) in [5.41, 5.74) is 2.72. The van der Waals surface area contributed by atoms with Crippen LogP contribution < -0.4 is 5.32 Å². The monoisotopic (exact) mass is 285 g/mol. The van der Waals surface area contributed by atoms with Crippen LogP contribution in [-0.4, -0.2) is 9.97 Å². The number of aryl methyl sites for hydroxylation is 1. The van der Waals surface area contributed by atoms with Crippen molar-refractivity contribution in [3.05, 3.63) is 65.6 Å². The van der Waals surface area contributed by atoms with Gasteiger partial charge in [0.05, 0.1) is 12.2 Å². The molecular formula is C16H13F2N3. The van der Waals surface area contributed by atoms with Crippen molar-refractivity contribution < 1.29 is 8.78 Å². The van der Waals surface area contributed by atoms with Gasteiger partial charge >= 0.3 is 0 Å². The van der Waals surface area contributed by atoms with Gasteiger partial charge in [0.25, 0.3) is 0 Å². The number of halogens is 2. The summed E-state index contributed by atoms with van der Waals surface area (Å²) in [5.74, 6) is -1.28. The molecule has 0 saturated carbocycles. The zero-order valence-corrected chi connectivity index (χ0v) is 11.4. The average molecular weight is 285 g/mol. The van der Waals surface area contributed by atoms with E-state index in [1.165, 1.54) is 12.3 Å². The molecule has 0 aliphatic carbocycles. The zero-order valence-electron chi connectivity index (χ0n) is 11.4. The maximum Gasteiger partial charge on any atom is 0.152 e. The van der Waals surface area contributed by atoms with Crippen molar-refractivity contribution in [2.24, 2.45) is 0 Å². The van der Waals surface area contributed by atoms with Gasteiger partial charge in [-0.25, -0.2) is 8.78 Å². The minimum Gasteiger partial charge on any atom is -0.379 e. The van der Waals surface area contributed by atoms with Gasteiger partial charge in [0, 0.05) is 29.5 Å². The molecule has 0 fully saturated rings. The normalized spacial score (nSPS) is 10.8. The van der Waals surface area contributed by atoms with E-state index in [-0.39, 0.29) is 5.52 Å². The number of rotatable bonds is 3. The van der Waals surface area contributed by atoms with Gasteiger partial charge in [0.1, 0.15) is 11.3 Å². The Hall–Kier alpha value is -2.56. The molecule has 0 spiro atoms. The Morgan fingerprint density at radius 2 is 1.95 bits per heavy atom. The van der Waals surface area contributed by atoms with Gasteiger partial charge in [-0.05, 0) is 30.7 Å². The van der Waals surface area contributed by atoms with Gasteiger partial charge in [-0.1, -0.05) is 6.07 Å². The molecule has 0 amide bonds. The van der Waals surface area contributed by atoms with Crippen LogP contribution in [0, 0.1) is 18.6 Å². The zero-order chi connectivity index (χ0) is 14.8. The lowest BCUT2D eigenvalue weighted by molar-refractivity contribution is 0.590. The largest absolute Gasteiger partial charge is 0.379 e. The second kappa shape index (κ2) is 5.44. The first kappa shape index (κ1) is 13.4. The third-order valence-corrected chi connectivity index (χ3v) is 3.33. The van der Waals surface area contributed by atoms with Crippen LogP contribution >= 0.6 is 0 Å². The van der Waals surface area contributed by atoms with Crippen molar-refractivity contribution in [1.82, 2.24) is 9.97 Å². The maximum absolute atomic E-state index is 13.7. The first-order chi connectivity index (χ1) is 10.1. The number of pyridine rings is 2. The summed E-state index contributed by atoms with van der Waals surface area (Å²) in [5, 5.41) is 3.58. The van der Waals surface area contributed by atoms with Crippen molar-refractivity contribution in [3.63, 3.8) is 0 Å². The molecule has 0 bridgehead atoms. The molecule has 21 heavy (non-hydrogen) atoms. The summed E-state index contributed by atoms with van der Waals surface area (Å²) < 4.78 is 27.1. The molecule has 1 aromatic carbocycles. The van der Waals surface area contributed by atoms with Gasteiger partial charge < -0.3 is 5.32 Å². The van der Waals surface area contributed by atoms with Gasteiger partial charge in [0.2, 0.25) is 0 Å². The minimum absolute atomic E-state index is 0.152. The molecule has 106 valence electrons. The highest BCUT2D eigenvalue weighted by molar-refractivity contribution is 5.91. The highest BCUT2D eigenvalue weighted by Crippen LogP contribution is 2.25. The van der Waals surface area contributed by atoms with Gasteiger partial charge in [-0.15, -0.1) is 0 Å². The van der Waals surface area contributed by atoms with Crippen LogP contribution in [0.2, 0.25) is 0 Å². The molecule has 0 aliphatic rings. The van der Waals surface area contributed by atoms with Crippen molar-refractivity contribution in [1.29, 1.82) is 0 Å². The standard InChI is InChI=1S/C16H13F2N3/c1-10-3-2-5-19-15(10)9-21-14-4-6-20-16-12(14)7-11(17)8-13(16)18/h2-8H,9H2,1H3,(H,20,21). The van der Waals surface area contributed by atoms with Crippen LogP contribution in [-0.2, 0) is 6.54 Å². The van der Waals surface area contributed by atoms with E-state index >= 15 is 0 Å². The topological polar surface area (TPSA) is 37.8 Å². The summed E-state index contributed by atoms with van der Waals surface area (Å²) in [6, 6.07) is 7.64. The highest BCUT2D eigenvalue weighted by atomic mass is 19.1. The number of aromatic nitrogens is 2. The summed E-state index contributed by atoms with van der Waals surface area (Å²) in [6.45, 7) is 2.44. The Balaban J connectivity index is 1.96. The Labute approximate surface area is 120 Å². The fraction of sp³-hybridized carbons (Fsp3) is 0.125. The van der Waals surface area contributed by atoms with E-state index in [1.54, 1.807) is 12.3 Å². The summed E-state index contributed by atoms with van der Waals surface area (Å²) in [7, 11) is 0. The van der Waals surface area contributed by atoms with Crippen molar-refractivity contribution in [2.75, 3.05) is 5.32 Å². The molecular weight excluding hydrogens is 272 g/mol. The smallest absolute Gasteiger partial charge is 0.152 e. The van der Waals surface area contributed by atoms with E-state index in [2.05, 4.69) is 15.3 Å². The number of nitrogens with one attached hydrogen (secondary N) is 1. The fourth-order valence-corrected chi connectivity index (χ4v) is 2.22. The Bertz CT molecular complexity index is 803. The van der Waals surface area contributed by atoms with Crippen molar-refractivity contribution in [2.45, 2.75) is 13.5 Å². The minimum atomic E-state index is -0.664. The average Bonchev–Trinajstić information content (AvgIpc) is 2.46. The number of benzene rings is 1. The number of hydrogen-bond donors (Lipinski definition) is 1.